The minimum absolute atomic E-state index is 0.372. The van der Waals surface area contributed by atoms with Crippen molar-refractivity contribution in [3.05, 3.63) is 63.3 Å². The monoisotopic (exact) mass is 710 g/mol. The lowest BCUT2D eigenvalue weighted by molar-refractivity contribution is 0.205. The van der Waals surface area contributed by atoms with E-state index in [2.05, 4.69) is 102 Å². The zero-order valence-corrected chi connectivity index (χ0v) is 35.9. The van der Waals surface area contributed by atoms with E-state index < -0.39 is 42.8 Å². The minimum Gasteiger partial charge on any atom is -0.415 e. The van der Waals surface area contributed by atoms with Gasteiger partial charge in [0.1, 0.15) is 0 Å². The van der Waals surface area contributed by atoms with Crippen molar-refractivity contribution in [2.24, 2.45) is 29.6 Å². The number of rotatable bonds is 20. The molecule has 1 aliphatic rings. The van der Waals surface area contributed by atoms with Gasteiger partial charge in [-0.15, -0.1) is 32.9 Å². The largest absolute Gasteiger partial charge is 0.415 e. The fourth-order valence-corrected chi connectivity index (χ4v) is 39.4. The van der Waals surface area contributed by atoms with Gasteiger partial charge in [0.05, 0.1) is 0 Å². The Labute approximate surface area is 284 Å². The van der Waals surface area contributed by atoms with E-state index in [0.717, 1.165) is 30.2 Å². The summed E-state index contributed by atoms with van der Waals surface area (Å²) in [6.07, 6.45) is 10.1. The Morgan fingerprint density at radius 3 is 0.556 bits per heavy atom. The van der Waals surface area contributed by atoms with Gasteiger partial charge in [-0.3, -0.25) is 0 Å². The van der Waals surface area contributed by atoms with Gasteiger partial charge in [-0.1, -0.05) is 99.6 Å². The molecule has 0 spiro atoms. The van der Waals surface area contributed by atoms with Crippen LogP contribution in [-0.2, 0) is 20.6 Å². The van der Waals surface area contributed by atoms with Crippen molar-refractivity contribution >= 4 is 42.8 Å². The molecule has 1 heterocycles. The van der Waals surface area contributed by atoms with E-state index in [1.165, 1.54) is 0 Å². The van der Waals surface area contributed by atoms with Crippen LogP contribution in [0.25, 0.3) is 0 Å². The molecule has 1 rings (SSSR count). The SMILES string of the molecule is C=CC[Si]1(CC(C)C)O[Si](CC=C)(CC(C)C)O[Si](CC=C)(CC(C)C)O[Si](CC=C)(CC(C)C)O[Si](CC=C)(CC(C)C)O1. The second kappa shape index (κ2) is 18.9. The molecule has 45 heavy (non-hydrogen) atoms. The quantitative estimate of drug-likeness (QED) is 0.0930. The summed E-state index contributed by atoms with van der Waals surface area (Å²) in [7, 11) is -15.1. The molecule has 260 valence electrons. The first kappa shape index (κ1) is 42.6. The van der Waals surface area contributed by atoms with Crippen LogP contribution in [0.1, 0.15) is 69.2 Å². The molecule has 0 N–H and O–H groups in total. The highest BCUT2D eigenvalue weighted by Crippen LogP contribution is 2.46. The first-order chi connectivity index (χ1) is 20.9. The fraction of sp³-hybridized carbons (Fsp3) is 0.714. The summed E-state index contributed by atoms with van der Waals surface area (Å²) in [5, 5.41) is 0. The van der Waals surface area contributed by atoms with E-state index in [1.54, 1.807) is 0 Å². The Bertz CT molecular complexity index is 765. The Hall–Kier alpha value is -0.416. The van der Waals surface area contributed by atoms with E-state index in [1.807, 2.05) is 30.4 Å². The summed E-state index contributed by atoms with van der Waals surface area (Å²) < 4.78 is 39.0. The van der Waals surface area contributed by atoms with Crippen LogP contribution in [-0.4, -0.2) is 42.8 Å². The summed E-state index contributed by atoms with van der Waals surface area (Å²) in [5.41, 5.74) is 0. The molecule has 0 atom stereocenters. The van der Waals surface area contributed by atoms with Gasteiger partial charge in [-0.25, -0.2) is 0 Å². The highest BCUT2D eigenvalue weighted by molar-refractivity contribution is 6.95. The van der Waals surface area contributed by atoms with Gasteiger partial charge < -0.3 is 20.6 Å². The standard InChI is InChI=1S/C35H70O5Si5/c1-16-21-41(26-31(6)7)36-42(22-17-2,27-32(8)9)38-44(24-19-4,29-34(12)13)40-45(25-20-5,30-35(14)15)39-43(37-41,23-18-3)28-33(10)11/h16-20,31-35H,1-5,21-30H2,6-15H3. The summed E-state index contributed by atoms with van der Waals surface area (Å²) in [4.78, 5) is 0. The van der Waals surface area contributed by atoms with Crippen LogP contribution in [0.4, 0.5) is 0 Å². The Morgan fingerprint density at radius 1 is 0.333 bits per heavy atom. The molecule has 10 heteroatoms. The minimum atomic E-state index is -3.02. The smallest absolute Gasteiger partial charge is 0.324 e. The predicted molar refractivity (Wildman–Crippen MR) is 207 cm³/mol. The molecular formula is C35H70O5Si5. The van der Waals surface area contributed by atoms with E-state index in [-0.39, 0.29) is 0 Å². The molecule has 0 radical (unpaired) electrons. The van der Waals surface area contributed by atoms with E-state index in [4.69, 9.17) is 20.6 Å². The molecule has 0 aromatic rings. The Balaban J connectivity index is 4.51. The third-order valence-corrected chi connectivity index (χ3v) is 34.4. The number of hydrogen-bond acceptors (Lipinski definition) is 5. The summed E-state index contributed by atoms with van der Waals surface area (Å²) in [6.45, 7) is 44.0. The molecule has 0 unspecified atom stereocenters. The zero-order chi connectivity index (χ0) is 34.5. The predicted octanol–water partition coefficient (Wildman–Crippen LogP) is 11.5. The Morgan fingerprint density at radius 2 is 0.467 bits per heavy atom. The molecule has 0 aromatic heterocycles. The number of allylic oxidation sites excluding steroid dienone is 5. The van der Waals surface area contributed by atoms with Crippen molar-refractivity contribution in [1.82, 2.24) is 0 Å². The molecule has 5 nitrogen and oxygen atoms in total. The first-order valence-corrected chi connectivity index (χ1v) is 28.6. The van der Waals surface area contributed by atoms with Crippen molar-refractivity contribution in [3.8, 4) is 0 Å². The fourth-order valence-electron chi connectivity index (χ4n) is 7.26. The van der Waals surface area contributed by atoms with Crippen molar-refractivity contribution < 1.29 is 20.6 Å². The van der Waals surface area contributed by atoms with Crippen LogP contribution in [0.2, 0.25) is 60.4 Å². The van der Waals surface area contributed by atoms with Gasteiger partial charge in [0.15, 0.2) is 0 Å². The number of hydrogen-bond donors (Lipinski definition) is 0. The maximum Gasteiger partial charge on any atom is 0.324 e. The van der Waals surface area contributed by atoms with Crippen molar-refractivity contribution in [2.75, 3.05) is 0 Å². The molecule has 1 fully saturated rings. The second-order valence-electron chi connectivity index (χ2n) is 15.5. The third kappa shape index (κ3) is 13.5. The van der Waals surface area contributed by atoms with Crippen molar-refractivity contribution in [1.29, 1.82) is 0 Å². The van der Waals surface area contributed by atoms with Gasteiger partial charge >= 0.3 is 42.8 Å². The molecule has 0 aliphatic carbocycles. The topological polar surface area (TPSA) is 46.2 Å². The third-order valence-electron chi connectivity index (χ3n) is 7.73. The van der Waals surface area contributed by atoms with Gasteiger partial charge in [0.2, 0.25) is 0 Å². The van der Waals surface area contributed by atoms with E-state index >= 15 is 0 Å². The molecule has 0 amide bonds. The molecule has 0 saturated carbocycles. The maximum atomic E-state index is 7.81. The first-order valence-electron chi connectivity index (χ1n) is 17.5. The molecule has 1 saturated heterocycles. The van der Waals surface area contributed by atoms with Crippen LogP contribution >= 0.6 is 0 Å². The maximum absolute atomic E-state index is 7.81. The highest BCUT2D eigenvalue weighted by atomic mass is 28.5. The zero-order valence-electron chi connectivity index (χ0n) is 30.9. The van der Waals surface area contributed by atoms with Gasteiger partial charge in [0, 0.05) is 30.2 Å². The average molecular weight is 711 g/mol. The lowest BCUT2D eigenvalue weighted by atomic mass is 10.3. The molecular weight excluding hydrogens is 641 g/mol. The lowest BCUT2D eigenvalue weighted by Gasteiger charge is -2.54. The van der Waals surface area contributed by atoms with Crippen molar-refractivity contribution in [2.45, 2.75) is 130 Å². The van der Waals surface area contributed by atoms with Gasteiger partial charge in [-0.2, -0.15) is 0 Å². The van der Waals surface area contributed by atoms with Crippen LogP contribution < -0.4 is 0 Å². The van der Waals surface area contributed by atoms with Crippen LogP contribution in [0.3, 0.4) is 0 Å². The summed E-state index contributed by atoms with van der Waals surface area (Å²) in [5.74, 6) is 1.86. The van der Waals surface area contributed by atoms with Crippen LogP contribution in [0, 0.1) is 29.6 Å². The van der Waals surface area contributed by atoms with Crippen LogP contribution in [0.5, 0.6) is 0 Å². The summed E-state index contributed by atoms with van der Waals surface area (Å²) in [6, 6.07) is 7.68. The average Bonchev–Trinajstić information content (AvgIpc) is 2.81. The summed E-state index contributed by atoms with van der Waals surface area (Å²) >= 11 is 0. The van der Waals surface area contributed by atoms with E-state index in [0.29, 0.717) is 59.8 Å². The molecule has 0 bridgehead atoms. The van der Waals surface area contributed by atoms with Crippen molar-refractivity contribution in [3.63, 3.8) is 0 Å². The Kier molecular flexibility index (Phi) is 17.9. The molecule has 0 aromatic carbocycles. The van der Waals surface area contributed by atoms with Gasteiger partial charge in [0.25, 0.3) is 0 Å². The van der Waals surface area contributed by atoms with Crippen LogP contribution in [0.15, 0.2) is 63.3 Å². The second-order valence-corrected chi connectivity index (χ2v) is 32.8. The van der Waals surface area contributed by atoms with E-state index in [9.17, 15) is 0 Å². The lowest BCUT2D eigenvalue weighted by Crippen LogP contribution is -2.70. The van der Waals surface area contributed by atoms with Gasteiger partial charge in [-0.05, 0) is 59.8 Å². The molecule has 1 aliphatic heterocycles. The highest BCUT2D eigenvalue weighted by Gasteiger charge is 2.62. The normalized spacial score (nSPS) is 31.4.